The fraction of sp³-hybridized carbons (Fsp3) is 0.136. The third-order valence-corrected chi connectivity index (χ3v) is 7.01. The second-order valence-electron chi connectivity index (χ2n) is 6.27. The number of benzene rings is 3. The molecule has 31 heavy (non-hydrogen) atoms. The SMILES string of the molecule is CCOc1ccc(N(C(=O)COc2ccc(Br)cc2Br)S(=O)(=O)c2ccccc2)cc1. The summed E-state index contributed by atoms with van der Waals surface area (Å²) >= 11 is 6.71. The normalized spacial score (nSPS) is 11.1. The fourth-order valence-electron chi connectivity index (χ4n) is 2.75. The van der Waals surface area contributed by atoms with E-state index in [4.69, 9.17) is 9.47 Å². The first kappa shape index (κ1) is 23.3. The van der Waals surface area contributed by atoms with E-state index >= 15 is 0 Å². The highest BCUT2D eigenvalue weighted by Crippen LogP contribution is 2.29. The zero-order valence-electron chi connectivity index (χ0n) is 16.5. The van der Waals surface area contributed by atoms with Gasteiger partial charge >= 0.3 is 0 Å². The number of amides is 1. The molecule has 6 nitrogen and oxygen atoms in total. The van der Waals surface area contributed by atoms with Gasteiger partial charge in [-0.05, 0) is 77.5 Å². The molecule has 3 aromatic rings. The molecule has 0 radical (unpaired) electrons. The highest BCUT2D eigenvalue weighted by atomic mass is 79.9. The first-order chi connectivity index (χ1) is 14.8. The van der Waals surface area contributed by atoms with E-state index in [1.54, 1.807) is 48.5 Å². The number of carbonyl (C=O) groups is 1. The van der Waals surface area contributed by atoms with Crippen molar-refractivity contribution in [2.75, 3.05) is 17.5 Å². The second-order valence-corrected chi connectivity index (χ2v) is 9.82. The van der Waals surface area contributed by atoms with Crippen molar-refractivity contribution in [3.8, 4) is 11.5 Å². The van der Waals surface area contributed by atoms with Crippen LogP contribution >= 0.6 is 31.9 Å². The minimum atomic E-state index is -4.16. The van der Waals surface area contributed by atoms with Gasteiger partial charge in [0.05, 0.1) is 21.7 Å². The molecule has 0 unspecified atom stereocenters. The molecule has 0 fully saturated rings. The topological polar surface area (TPSA) is 72.9 Å². The van der Waals surface area contributed by atoms with Crippen LogP contribution in [0.5, 0.6) is 11.5 Å². The number of halogens is 2. The van der Waals surface area contributed by atoms with E-state index in [2.05, 4.69) is 31.9 Å². The molecule has 0 aliphatic carbocycles. The van der Waals surface area contributed by atoms with Crippen molar-refractivity contribution in [1.82, 2.24) is 0 Å². The molecule has 0 aliphatic heterocycles. The van der Waals surface area contributed by atoms with E-state index < -0.39 is 22.5 Å². The molecule has 0 atom stereocenters. The van der Waals surface area contributed by atoms with Crippen molar-refractivity contribution in [2.45, 2.75) is 11.8 Å². The smallest absolute Gasteiger partial charge is 0.278 e. The maximum absolute atomic E-state index is 13.3. The molecule has 9 heteroatoms. The standard InChI is InChI=1S/C22H19Br2NO5S/c1-2-29-18-11-9-17(10-12-18)25(31(27,28)19-6-4-3-5-7-19)22(26)15-30-21-13-8-16(23)14-20(21)24/h3-14H,2,15H2,1H3. The van der Waals surface area contributed by atoms with Crippen molar-refractivity contribution >= 4 is 53.5 Å². The molecule has 0 aliphatic rings. The highest BCUT2D eigenvalue weighted by molar-refractivity contribution is 9.11. The summed E-state index contributed by atoms with van der Waals surface area (Å²) in [6, 6.07) is 19.3. The van der Waals surface area contributed by atoms with Crippen LogP contribution < -0.4 is 13.8 Å². The van der Waals surface area contributed by atoms with Gasteiger partial charge in [0.15, 0.2) is 6.61 Å². The molecule has 162 valence electrons. The Bertz CT molecular complexity index is 1150. The van der Waals surface area contributed by atoms with Crippen LogP contribution in [-0.4, -0.2) is 27.5 Å². The fourth-order valence-corrected chi connectivity index (χ4v) is 5.34. The zero-order chi connectivity index (χ0) is 22.4. The summed E-state index contributed by atoms with van der Waals surface area (Å²) in [7, 11) is -4.16. The predicted molar refractivity (Wildman–Crippen MR) is 126 cm³/mol. The number of rotatable bonds is 8. The van der Waals surface area contributed by atoms with E-state index in [-0.39, 0.29) is 10.6 Å². The minimum absolute atomic E-state index is 0.00190. The third kappa shape index (κ3) is 5.66. The molecule has 1 amide bonds. The van der Waals surface area contributed by atoms with E-state index in [0.717, 1.165) is 8.78 Å². The number of nitrogens with zero attached hydrogens (tertiary/aromatic N) is 1. The summed E-state index contributed by atoms with van der Waals surface area (Å²) in [6.07, 6.45) is 0. The Kier molecular flexibility index (Phi) is 7.74. The summed E-state index contributed by atoms with van der Waals surface area (Å²) in [5, 5.41) is 0. The van der Waals surface area contributed by atoms with Gasteiger partial charge in [-0.3, -0.25) is 4.79 Å². The van der Waals surface area contributed by atoms with Crippen molar-refractivity contribution in [2.24, 2.45) is 0 Å². The van der Waals surface area contributed by atoms with Gasteiger partial charge in [-0.15, -0.1) is 0 Å². The number of hydrogen-bond donors (Lipinski definition) is 0. The van der Waals surface area contributed by atoms with Crippen LogP contribution in [-0.2, 0) is 14.8 Å². The average Bonchev–Trinajstić information content (AvgIpc) is 2.75. The lowest BCUT2D eigenvalue weighted by Gasteiger charge is -2.23. The van der Waals surface area contributed by atoms with Gasteiger partial charge in [0.25, 0.3) is 15.9 Å². The second kappa shape index (κ2) is 10.3. The maximum Gasteiger partial charge on any atom is 0.278 e. The van der Waals surface area contributed by atoms with Crippen LogP contribution in [0.2, 0.25) is 0 Å². The number of ether oxygens (including phenoxy) is 2. The number of sulfonamides is 1. The Balaban J connectivity index is 1.94. The first-order valence-electron chi connectivity index (χ1n) is 9.27. The van der Waals surface area contributed by atoms with E-state index in [1.807, 2.05) is 6.92 Å². The van der Waals surface area contributed by atoms with Crippen LogP contribution in [0.4, 0.5) is 5.69 Å². The lowest BCUT2D eigenvalue weighted by Crippen LogP contribution is -2.40. The quantitative estimate of drug-likeness (QED) is 0.363. The zero-order valence-corrected chi connectivity index (χ0v) is 20.5. The molecule has 0 heterocycles. The Labute approximate surface area is 198 Å². The molecule has 0 bridgehead atoms. The summed E-state index contributed by atoms with van der Waals surface area (Å²) in [6.45, 7) is 1.85. The van der Waals surface area contributed by atoms with Crippen LogP contribution in [0.25, 0.3) is 0 Å². The van der Waals surface area contributed by atoms with Gasteiger partial charge in [-0.2, -0.15) is 4.31 Å². The van der Waals surface area contributed by atoms with Crippen molar-refractivity contribution < 1.29 is 22.7 Å². The number of carbonyl (C=O) groups excluding carboxylic acids is 1. The van der Waals surface area contributed by atoms with E-state index in [9.17, 15) is 13.2 Å². The van der Waals surface area contributed by atoms with Gasteiger partial charge in [-0.25, -0.2) is 8.42 Å². The Hall–Kier alpha value is -2.36. The Morgan fingerprint density at radius 1 is 0.935 bits per heavy atom. The van der Waals surface area contributed by atoms with E-state index in [0.29, 0.717) is 22.6 Å². The maximum atomic E-state index is 13.3. The average molecular weight is 569 g/mol. The van der Waals surface area contributed by atoms with Crippen LogP contribution in [0.3, 0.4) is 0 Å². The molecule has 0 N–H and O–H groups in total. The van der Waals surface area contributed by atoms with Gasteiger partial charge in [0.1, 0.15) is 11.5 Å². The summed E-state index contributed by atoms with van der Waals surface area (Å²) in [4.78, 5) is 13.1. The van der Waals surface area contributed by atoms with Crippen LogP contribution in [0.1, 0.15) is 6.92 Å². The summed E-state index contributed by atoms with van der Waals surface area (Å²) < 4.78 is 39.9. The Morgan fingerprint density at radius 3 is 2.23 bits per heavy atom. The lowest BCUT2D eigenvalue weighted by molar-refractivity contribution is -0.119. The van der Waals surface area contributed by atoms with Gasteiger partial charge in [0, 0.05) is 4.47 Å². The van der Waals surface area contributed by atoms with Crippen LogP contribution in [0, 0.1) is 0 Å². The first-order valence-corrected chi connectivity index (χ1v) is 12.3. The number of anilines is 1. The monoisotopic (exact) mass is 567 g/mol. The summed E-state index contributed by atoms with van der Waals surface area (Å²) in [5.74, 6) is 0.258. The molecule has 3 aromatic carbocycles. The van der Waals surface area contributed by atoms with E-state index in [1.165, 1.54) is 24.3 Å². The predicted octanol–water partition coefficient (Wildman–Crippen LogP) is 5.41. The van der Waals surface area contributed by atoms with Gasteiger partial charge in [0.2, 0.25) is 0 Å². The van der Waals surface area contributed by atoms with Crippen LogP contribution in [0.15, 0.2) is 86.6 Å². The molecule has 3 rings (SSSR count). The highest BCUT2D eigenvalue weighted by Gasteiger charge is 2.31. The van der Waals surface area contributed by atoms with Gasteiger partial charge in [-0.1, -0.05) is 34.1 Å². The van der Waals surface area contributed by atoms with Gasteiger partial charge < -0.3 is 9.47 Å². The molecule has 0 aromatic heterocycles. The minimum Gasteiger partial charge on any atom is -0.494 e. The molecule has 0 saturated carbocycles. The largest absolute Gasteiger partial charge is 0.494 e. The lowest BCUT2D eigenvalue weighted by atomic mass is 10.3. The van der Waals surface area contributed by atoms with Crippen molar-refractivity contribution in [1.29, 1.82) is 0 Å². The molecule has 0 saturated heterocycles. The third-order valence-electron chi connectivity index (χ3n) is 4.14. The van der Waals surface area contributed by atoms with Crippen molar-refractivity contribution in [3.63, 3.8) is 0 Å². The number of hydrogen-bond acceptors (Lipinski definition) is 5. The summed E-state index contributed by atoms with van der Waals surface area (Å²) in [5.41, 5.74) is 0.191. The molecule has 0 spiro atoms. The Morgan fingerprint density at radius 2 is 1.61 bits per heavy atom. The molecular formula is C22H19Br2NO5S. The van der Waals surface area contributed by atoms with Crippen molar-refractivity contribution in [3.05, 3.63) is 81.7 Å². The molecular weight excluding hydrogens is 550 g/mol.